The first-order chi connectivity index (χ1) is 9.99. The first kappa shape index (κ1) is 17.7. The molecule has 21 heavy (non-hydrogen) atoms. The maximum absolute atomic E-state index is 12.0. The highest BCUT2D eigenvalue weighted by atomic mass is 16.5. The van der Waals surface area contributed by atoms with Crippen molar-refractivity contribution in [2.75, 3.05) is 40.8 Å². The number of nitrogens with zero attached hydrogens (tertiary/aromatic N) is 2. The van der Waals surface area contributed by atoms with Crippen molar-refractivity contribution in [3.05, 3.63) is 35.9 Å². The van der Waals surface area contributed by atoms with Crippen LogP contribution in [0.3, 0.4) is 0 Å². The van der Waals surface area contributed by atoms with Crippen molar-refractivity contribution in [3.8, 4) is 0 Å². The molecule has 4 nitrogen and oxygen atoms in total. The third kappa shape index (κ3) is 7.83. The van der Waals surface area contributed by atoms with E-state index in [2.05, 4.69) is 30.9 Å². The van der Waals surface area contributed by atoms with E-state index in [9.17, 15) is 4.79 Å². The summed E-state index contributed by atoms with van der Waals surface area (Å²) in [5.41, 5.74) is 1.03. The molecule has 0 saturated carbocycles. The molecule has 0 spiro atoms. The van der Waals surface area contributed by atoms with Gasteiger partial charge in [0.25, 0.3) is 0 Å². The van der Waals surface area contributed by atoms with Crippen molar-refractivity contribution in [3.63, 3.8) is 0 Å². The number of esters is 1. The minimum Gasteiger partial charge on any atom is -0.461 e. The maximum Gasteiger partial charge on any atom is 0.310 e. The first-order valence-corrected chi connectivity index (χ1v) is 7.53. The van der Waals surface area contributed by atoms with Crippen LogP contribution < -0.4 is 0 Å². The van der Waals surface area contributed by atoms with Gasteiger partial charge in [0.05, 0.1) is 5.92 Å². The second-order valence-electron chi connectivity index (χ2n) is 5.91. The van der Waals surface area contributed by atoms with Crippen molar-refractivity contribution < 1.29 is 9.53 Å². The summed E-state index contributed by atoms with van der Waals surface area (Å²) in [7, 11) is 6.20. The van der Waals surface area contributed by atoms with Crippen LogP contribution in [0.25, 0.3) is 0 Å². The summed E-state index contributed by atoms with van der Waals surface area (Å²) in [6.07, 6.45) is 1.11. The molecule has 1 aromatic rings. The number of hydrogen-bond donors (Lipinski definition) is 0. The molecule has 1 atom stereocenters. The average Bonchev–Trinajstić information content (AvgIpc) is 2.45. The van der Waals surface area contributed by atoms with Crippen molar-refractivity contribution in [2.45, 2.75) is 20.0 Å². The van der Waals surface area contributed by atoms with E-state index in [1.165, 1.54) is 0 Å². The smallest absolute Gasteiger partial charge is 0.310 e. The molecular formula is C17H28N2O2. The minimum absolute atomic E-state index is 0.0990. The van der Waals surface area contributed by atoms with E-state index in [1.54, 1.807) is 0 Å². The van der Waals surface area contributed by atoms with E-state index >= 15 is 0 Å². The van der Waals surface area contributed by atoms with Crippen LogP contribution in [0.5, 0.6) is 0 Å². The average molecular weight is 292 g/mol. The van der Waals surface area contributed by atoms with Crippen molar-refractivity contribution >= 4 is 5.97 Å². The highest BCUT2D eigenvalue weighted by Gasteiger charge is 2.16. The number of carbonyl (C=O) groups is 1. The van der Waals surface area contributed by atoms with E-state index < -0.39 is 0 Å². The van der Waals surface area contributed by atoms with Crippen LogP contribution in [0.1, 0.15) is 18.9 Å². The molecule has 1 aromatic carbocycles. The number of ether oxygens (including phenoxy) is 1. The summed E-state index contributed by atoms with van der Waals surface area (Å²) in [5.74, 6) is -0.226. The summed E-state index contributed by atoms with van der Waals surface area (Å²) in [6.45, 7) is 5.08. The number of hydrogen-bond acceptors (Lipinski definition) is 4. The summed E-state index contributed by atoms with van der Waals surface area (Å²) in [4.78, 5) is 16.3. The summed E-state index contributed by atoms with van der Waals surface area (Å²) < 4.78 is 5.36. The number of rotatable bonds is 9. The lowest BCUT2D eigenvalue weighted by Crippen LogP contribution is -2.31. The maximum atomic E-state index is 12.0. The van der Waals surface area contributed by atoms with Crippen LogP contribution in [0, 0.1) is 5.92 Å². The zero-order valence-electron chi connectivity index (χ0n) is 13.7. The summed E-state index contributed by atoms with van der Waals surface area (Å²) >= 11 is 0. The van der Waals surface area contributed by atoms with Gasteiger partial charge in [0.1, 0.15) is 6.61 Å². The van der Waals surface area contributed by atoms with Gasteiger partial charge in [-0.25, -0.2) is 0 Å². The highest BCUT2D eigenvalue weighted by Crippen LogP contribution is 2.06. The third-order valence-electron chi connectivity index (χ3n) is 3.36. The fourth-order valence-corrected chi connectivity index (χ4v) is 2.16. The predicted octanol–water partition coefficient (Wildman–Crippen LogP) is 2.25. The second-order valence-corrected chi connectivity index (χ2v) is 5.91. The van der Waals surface area contributed by atoms with Gasteiger partial charge >= 0.3 is 5.97 Å². The largest absolute Gasteiger partial charge is 0.461 e. The lowest BCUT2D eigenvalue weighted by molar-refractivity contribution is -0.149. The SMILES string of the molecule is CC(CN(C)CCCN(C)C)C(=O)OCc1ccccc1. The Bertz CT molecular complexity index is 407. The van der Waals surface area contributed by atoms with E-state index in [1.807, 2.05) is 37.3 Å². The molecule has 0 saturated heterocycles. The molecule has 1 unspecified atom stereocenters. The van der Waals surface area contributed by atoms with Gasteiger partial charge in [-0.1, -0.05) is 37.3 Å². The quantitative estimate of drug-likeness (QED) is 0.654. The Balaban J connectivity index is 2.24. The zero-order chi connectivity index (χ0) is 15.7. The van der Waals surface area contributed by atoms with Crippen molar-refractivity contribution in [1.29, 1.82) is 0 Å². The third-order valence-corrected chi connectivity index (χ3v) is 3.36. The van der Waals surface area contributed by atoms with Crippen molar-refractivity contribution in [1.82, 2.24) is 9.80 Å². The van der Waals surface area contributed by atoms with Gasteiger partial charge in [0.15, 0.2) is 0 Å². The lowest BCUT2D eigenvalue weighted by atomic mass is 10.1. The Morgan fingerprint density at radius 3 is 2.43 bits per heavy atom. The van der Waals surface area contributed by atoms with Gasteiger partial charge < -0.3 is 14.5 Å². The molecule has 0 radical (unpaired) electrons. The zero-order valence-corrected chi connectivity index (χ0v) is 13.7. The van der Waals surface area contributed by atoms with Crippen molar-refractivity contribution in [2.24, 2.45) is 5.92 Å². The molecule has 0 aromatic heterocycles. The van der Waals surface area contributed by atoms with E-state index in [0.29, 0.717) is 6.61 Å². The molecule has 0 bridgehead atoms. The molecule has 0 aliphatic carbocycles. The van der Waals surface area contributed by atoms with E-state index in [0.717, 1.165) is 31.6 Å². The molecule has 118 valence electrons. The van der Waals surface area contributed by atoms with Gasteiger partial charge in [-0.3, -0.25) is 4.79 Å². The minimum atomic E-state index is -0.127. The monoisotopic (exact) mass is 292 g/mol. The molecule has 4 heteroatoms. The van der Waals surface area contributed by atoms with Gasteiger partial charge in [0.2, 0.25) is 0 Å². The van der Waals surface area contributed by atoms with Crippen LogP contribution in [-0.4, -0.2) is 56.5 Å². The summed E-state index contributed by atoms with van der Waals surface area (Å²) in [5, 5.41) is 0. The Morgan fingerprint density at radius 1 is 1.14 bits per heavy atom. The fourth-order valence-electron chi connectivity index (χ4n) is 2.16. The Hall–Kier alpha value is -1.39. The molecule has 0 N–H and O–H groups in total. The highest BCUT2D eigenvalue weighted by molar-refractivity contribution is 5.72. The standard InChI is InChI=1S/C17H28N2O2/c1-15(13-19(4)12-8-11-18(2)3)17(20)21-14-16-9-6-5-7-10-16/h5-7,9-10,15H,8,11-14H2,1-4H3. The lowest BCUT2D eigenvalue weighted by Gasteiger charge is -2.21. The molecular weight excluding hydrogens is 264 g/mol. The second kappa shape index (κ2) is 9.53. The number of benzene rings is 1. The predicted molar refractivity (Wildman–Crippen MR) is 86.1 cm³/mol. The van der Waals surface area contributed by atoms with Crippen LogP contribution in [0.2, 0.25) is 0 Å². The Morgan fingerprint density at radius 2 is 1.81 bits per heavy atom. The first-order valence-electron chi connectivity index (χ1n) is 7.53. The van der Waals surface area contributed by atoms with Gasteiger partial charge in [0, 0.05) is 6.54 Å². The molecule has 0 aliphatic heterocycles. The molecule has 0 amide bonds. The van der Waals surface area contributed by atoms with Crippen LogP contribution in [-0.2, 0) is 16.1 Å². The van der Waals surface area contributed by atoms with Gasteiger partial charge in [-0.2, -0.15) is 0 Å². The van der Waals surface area contributed by atoms with Gasteiger partial charge in [-0.15, -0.1) is 0 Å². The summed E-state index contributed by atoms with van der Waals surface area (Å²) in [6, 6.07) is 9.78. The van der Waals surface area contributed by atoms with E-state index in [4.69, 9.17) is 4.74 Å². The van der Waals surface area contributed by atoms with Crippen LogP contribution in [0.15, 0.2) is 30.3 Å². The van der Waals surface area contributed by atoms with Gasteiger partial charge in [-0.05, 0) is 46.2 Å². The molecule has 1 rings (SSSR count). The Kier molecular flexibility index (Phi) is 8.01. The Labute approximate surface area is 128 Å². The number of carbonyl (C=O) groups excluding carboxylic acids is 1. The van der Waals surface area contributed by atoms with Crippen LogP contribution in [0.4, 0.5) is 0 Å². The fraction of sp³-hybridized carbons (Fsp3) is 0.588. The van der Waals surface area contributed by atoms with E-state index in [-0.39, 0.29) is 11.9 Å². The molecule has 0 fully saturated rings. The normalized spacial score (nSPS) is 12.7. The molecule has 0 heterocycles. The van der Waals surface area contributed by atoms with Crippen LogP contribution >= 0.6 is 0 Å². The molecule has 0 aliphatic rings. The topological polar surface area (TPSA) is 32.8 Å².